The fraction of sp³-hybridized carbons (Fsp3) is 0.475. The van der Waals surface area contributed by atoms with Crippen molar-refractivity contribution in [2.24, 2.45) is 4.99 Å². The molecule has 5 rings (SSSR count). The van der Waals surface area contributed by atoms with E-state index >= 15 is 4.79 Å². The van der Waals surface area contributed by atoms with E-state index in [0.29, 0.717) is 54.4 Å². The standard InChI is InChI=1S/C40H50Cl2N4O4/c1-10-49-33-25-29(37(2,3)4)15-20-32(33)35-43-39(8,27-11-16-30(41)17-12-27)40(9,28-13-18-31(42)19-14-28)46(35)36(48)45-23-21-44(22-24-45)26-34(47)50-38(5,6)7/h11-20,25H,10,21-24,26H2,1-9H3/t39-,40+/m1/s1. The molecule has 0 aliphatic carbocycles. The third-order valence-electron chi connectivity index (χ3n) is 9.74. The van der Waals surface area contributed by atoms with E-state index in [2.05, 4.69) is 46.8 Å². The summed E-state index contributed by atoms with van der Waals surface area (Å²) in [5, 5.41) is 1.21. The van der Waals surface area contributed by atoms with Gasteiger partial charge in [-0.1, -0.05) is 74.3 Å². The molecule has 1 saturated heterocycles. The van der Waals surface area contributed by atoms with Gasteiger partial charge < -0.3 is 14.4 Å². The van der Waals surface area contributed by atoms with Crippen LogP contribution in [-0.2, 0) is 26.0 Å². The lowest BCUT2D eigenvalue weighted by atomic mass is 9.71. The first kappa shape index (κ1) is 37.7. The smallest absolute Gasteiger partial charge is 0.326 e. The Kier molecular flexibility index (Phi) is 10.7. The molecule has 3 aromatic carbocycles. The average Bonchev–Trinajstić information content (AvgIpc) is 3.28. The number of hydrogen-bond acceptors (Lipinski definition) is 6. The summed E-state index contributed by atoms with van der Waals surface area (Å²) in [5.74, 6) is 0.907. The van der Waals surface area contributed by atoms with Crippen LogP contribution in [0.25, 0.3) is 0 Å². The predicted molar refractivity (Wildman–Crippen MR) is 202 cm³/mol. The van der Waals surface area contributed by atoms with E-state index < -0.39 is 16.7 Å². The largest absolute Gasteiger partial charge is 0.493 e. The van der Waals surface area contributed by atoms with Gasteiger partial charge in [0.15, 0.2) is 0 Å². The van der Waals surface area contributed by atoms with Gasteiger partial charge in [0.05, 0.1) is 18.7 Å². The number of amides is 2. The van der Waals surface area contributed by atoms with Crippen molar-refractivity contribution in [3.05, 3.63) is 99.0 Å². The lowest BCUT2D eigenvalue weighted by Gasteiger charge is -2.47. The van der Waals surface area contributed by atoms with Crippen LogP contribution < -0.4 is 4.74 Å². The minimum atomic E-state index is -1.02. The summed E-state index contributed by atoms with van der Waals surface area (Å²) in [6, 6.07) is 21.3. The molecule has 0 radical (unpaired) electrons. The van der Waals surface area contributed by atoms with E-state index in [9.17, 15) is 4.79 Å². The SMILES string of the molecule is CCOc1cc(C(C)(C)C)ccc1C1=N[C@](C)(c2ccc(Cl)cc2)[C@](C)(c2ccc(Cl)cc2)N1C(=O)N1CCN(CC(=O)OC(C)(C)C)CC1. The third-order valence-corrected chi connectivity index (χ3v) is 10.2. The number of halogens is 2. The van der Waals surface area contributed by atoms with Crippen LogP contribution in [0.15, 0.2) is 71.7 Å². The maximum Gasteiger partial charge on any atom is 0.326 e. The minimum absolute atomic E-state index is 0.119. The molecule has 3 aromatic rings. The summed E-state index contributed by atoms with van der Waals surface area (Å²) < 4.78 is 11.9. The van der Waals surface area contributed by atoms with E-state index in [1.807, 2.05) is 97.0 Å². The number of esters is 1. The number of carbonyl (C=O) groups excluding carboxylic acids is 2. The molecule has 2 amide bonds. The number of benzene rings is 3. The van der Waals surface area contributed by atoms with Gasteiger partial charge in [0.2, 0.25) is 0 Å². The van der Waals surface area contributed by atoms with Gasteiger partial charge in [0, 0.05) is 36.2 Å². The van der Waals surface area contributed by atoms with Crippen LogP contribution in [0.3, 0.4) is 0 Å². The molecular formula is C40H50Cl2N4O4. The second-order valence-electron chi connectivity index (χ2n) is 15.5. The number of hydrogen-bond donors (Lipinski definition) is 0. The summed E-state index contributed by atoms with van der Waals surface area (Å²) >= 11 is 12.8. The fourth-order valence-corrected chi connectivity index (χ4v) is 7.06. The van der Waals surface area contributed by atoms with Gasteiger partial charge in [0.1, 0.15) is 28.3 Å². The molecule has 1 fully saturated rings. The topological polar surface area (TPSA) is 74.7 Å². The highest BCUT2D eigenvalue weighted by atomic mass is 35.5. The van der Waals surface area contributed by atoms with Crippen molar-refractivity contribution in [1.82, 2.24) is 14.7 Å². The zero-order chi connectivity index (χ0) is 36.6. The van der Waals surface area contributed by atoms with E-state index in [0.717, 1.165) is 22.3 Å². The van der Waals surface area contributed by atoms with Crippen molar-refractivity contribution < 1.29 is 19.1 Å². The van der Waals surface area contributed by atoms with Crippen molar-refractivity contribution >= 4 is 41.0 Å². The van der Waals surface area contributed by atoms with Crippen LogP contribution in [0.1, 0.15) is 84.6 Å². The number of piperazine rings is 1. The Bertz CT molecular complexity index is 1740. The van der Waals surface area contributed by atoms with Crippen LogP contribution in [0.5, 0.6) is 5.75 Å². The number of rotatable bonds is 7. The Balaban J connectivity index is 1.64. The molecule has 0 bridgehead atoms. The van der Waals surface area contributed by atoms with Gasteiger partial charge in [-0.05, 0) is 100 Å². The van der Waals surface area contributed by atoms with Gasteiger partial charge in [-0.15, -0.1) is 0 Å². The van der Waals surface area contributed by atoms with Crippen LogP contribution in [-0.4, -0.2) is 77.5 Å². The highest BCUT2D eigenvalue weighted by Crippen LogP contribution is 2.54. The minimum Gasteiger partial charge on any atom is -0.493 e. The zero-order valence-electron chi connectivity index (χ0n) is 30.8. The van der Waals surface area contributed by atoms with Crippen LogP contribution in [0, 0.1) is 0 Å². The molecule has 268 valence electrons. The molecule has 2 heterocycles. The van der Waals surface area contributed by atoms with E-state index in [1.165, 1.54) is 0 Å². The molecule has 2 atom stereocenters. The van der Waals surface area contributed by atoms with Crippen LogP contribution in [0.4, 0.5) is 4.79 Å². The van der Waals surface area contributed by atoms with Gasteiger partial charge in [-0.3, -0.25) is 19.6 Å². The lowest BCUT2D eigenvalue weighted by Crippen LogP contribution is -2.61. The molecule has 0 spiro atoms. The van der Waals surface area contributed by atoms with Crippen molar-refractivity contribution in [2.75, 3.05) is 39.3 Å². The normalized spacial score (nSPS) is 21.6. The van der Waals surface area contributed by atoms with Crippen molar-refractivity contribution in [3.63, 3.8) is 0 Å². The molecule has 8 nitrogen and oxygen atoms in total. The number of urea groups is 1. The fourth-order valence-electron chi connectivity index (χ4n) is 6.81. The number of nitrogens with zero attached hydrogens (tertiary/aromatic N) is 4. The Labute approximate surface area is 307 Å². The second-order valence-corrected chi connectivity index (χ2v) is 16.3. The highest BCUT2D eigenvalue weighted by Gasteiger charge is 2.60. The Morgan fingerprint density at radius 1 is 0.820 bits per heavy atom. The zero-order valence-corrected chi connectivity index (χ0v) is 32.3. The number of amidine groups is 1. The molecular weight excluding hydrogens is 671 g/mol. The average molecular weight is 722 g/mol. The quantitative estimate of drug-likeness (QED) is 0.229. The number of ether oxygens (including phenoxy) is 2. The molecule has 2 aliphatic heterocycles. The Hall–Kier alpha value is -3.59. The molecule has 0 unspecified atom stereocenters. The predicted octanol–water partition coefficient (Wildman–Crippen LogP) is 8.66. The lowest BCUT2D eigenvalue weighted by molar-refractivity contribution is -0.156. The van der Waals surface area contributed by atoms with Crippen LogP contribution >= 0.6 is 23.2 Å². The van der Waals surface area contributed by atoms with Gasteiger partial charge in [-0.25, -0.2) is 4.79 Å². The first-order chi connectivity index (χ1) is 23.4. The second kappa shape index (κ2) is 14.2. The number of aliphatic imine (C=N–C) groups is 1. The molecule has 50 heavy (non-hydrogen) atoms. The highest BCUT2D eigenvalue weighted by molar-refractivity contribution is 6.30. The summed E-state index contributed by atoms with van der Waals surface area (Å²) in [6.07, 6.45) is 0. The first-order valence-corrected chi connectivity index (χ1v) is 18.1. The summed E-state index contributed by atoms with van der Waals surface area (Å²) in [7, 11) is 0. The van der Waals surface area contributed by atoms with E-state index in [1.54, 1.807) is 0 Å². The Morgan fingerprint density at radius 2 is 1.38 bits per heavy atom. The van der Waals surface area contributed by atoms with E-state index in [4.69, 9.17) is 37.7 Å². The molecule has 0 N–H and O–H groups in total. The summed E-state index contributed by atoms with van der Waals surface area (Å²) in [5.41, 5.74) is 0.968. The van der Waals surface area contributed by atoms with Gasteiger partial charge in [0.25, 0.3) is 0 Å². The molecule has 0 saturated carbocycles. The monoisotopic (exact) mass is 720 g/mol. The molecule has 0 aromatic heterocycles. The molecule has 10 heteroatoms. The maximum absolute atomic E-state index is 15.2. The van der Waals surface area contributed by atoms with E-state index in [-0.39, 0.29) is 24.0 Å². The first-order valence-electron chi connectivity index (χ1n) is 17.3. The van der Waals surface area contributed by atoms with Gasteiger partial charge in [-0.2, -0.15) is 0 Å². The van der Waals surface area contributed by atoms with Gasteiger partial charge >= 0.3 is 12.0 Å². The summed E-state index contributed by atoms with van der Waals surface area (Å²) in [6.45, 7) is 20.7. The molecule has 2 aliphatic rings. The maximum atomic E-state index is 15.2. The Morgan fingerprint density at radius 3 is 1.90 bits per heavy atom. The summed E-state index contributed by atoms with van der Waals surface area (Å²) in [4.78, 5) is 39.1. The third kappa shape index (κ3) is 7.53. The van der Waals surface area contributed by atoms with Crippen molar-refractivity contribution in [1.29, 1.82) is 0 Å². The number of carbonyl (C=O) groups is 2. The van der Waals surface area contributed by atoms with Crippen molar-refractivity contribution in [2.45, 2.75) is 84.4 Å². The van der Waals surface area contributed by atoms with Crippen molar-refractivity contribution in [3.8, 4) is 5.75 Å². The van der Waals surface area contributed by atoms with Crippen LogP contribution in [0.2, 0.25) is 10.0 Å².